The van der Waals surface area contributed by atoms with E-state index < -0.39 is 0 Å². The molecule has 1 aliphatic heterocycles. The summed E-state index contributed by atoms with van der Waals surface area (Å²) in [4.78, 5) is 7.03. The van der Waals surface area contributed by atoms with E-state index in [1.807, 2.05) is 11.8 Å². The number of hydrogen-bond donors (Lipinski definition) is 0. The van der Waals surface area contributed by atoms with E-state index in [4.69, 9.17) is 10.1 Å². The van der Waals surface area contributed by atoms with Gasteiger partial charge in [0.1, 0.15) is 0 Å². The maximum Gasteiger partial charge on any atom is 0.152 e. The van der Waals surface area contributed by atoms with E-state index in [9.17, 15) is 0 Å². The van der Waals surface area contributed by atoms with E-state index in [2.05, 4.69) is 11.2 Å². The number of hydrogen-bond acceptors (Lipinski definition) is 4. The molecule has 0 radical (unpaired) electrons. The van der Waals surface area contributed by atoms with E-state index in [1.54, 1.807) is 6.21 Å². The summed E-state index contributed by atoms with van der Waals surface area (Å²) in [5, 5.41) is 12.0. The van der Waals surface area contributed by atoms with E-state index >= 15 is 0 Å². The van der Waals surface area contributed by atoms with Gasteiger partial charge in [0.2, 0.25) is 0 Å². The van der Waals surface area contributed by atoms with E-state index in [1.165, 1.54) is 0 Å². The number of nitriles is 1. The van der Waals surface area contributed by atoms with Crippen LogP contribution in [0.4, 0.5) is 0 Å². The van der Waals surface area contributed by atoms with Gasteiger partial charge in [0.25, 0.3) is 0 Å². The van der Waals surface area contributed by atoms with Crippen LogP contribution in [-0.2, 0) is 4.84 Å². The second-order valence-electron chi connectivity index (χ2n) is 2.44. The molecule has 0 unspecified atom stereocenters. The number of oxime groups is 1. The minimum Gasteiger partial charge on any atom is -0.390 e. The van der Waals surface area contributed by atoms with Crippen LogP contribution in [0.3, 0.4) is 0 Å². The molecule has 1 saturated heterocycles. The number of nitrogens with zero attached hydrogens (tertiary/aromatic N) is 3. The molecular weight excluding hydrogens is 142 g/mol. The fourth-order valence-corrected chi connectivity index (χ4v) is 0.965. The zero-order valence-corrected chi connectivity index (χ0v) is 6.53. The molecule has 0 aromatic carbocycles. The van der Waals surface area contributed by atoms with Gasteiger partial charge in [-0.3, -0.25) is 4.90 Å². The second-order valence-corrected chi connectivity index (χ2v) is 2.44. The summed E-state index contributed by atoms with van der Waals surface area (Å²) < 4.78 is 0. The van der Waals surface area contributed by atoms with Crippen LogP contribution in [-0.4, -0.2) is 36.9 Å². The molecule has 0 aromatic rings. The van der Waals surface area contributed by atoms with Crippen molar-refractivity contribution in [1.29, 1.82) is 5.26 Å². The van der Waals surface area contributed by atoms with Crippen LogP contribution in [0.2, 0.25) is 0 Å². The first-order chi connectivity index (χ1) is 5.36. The van der Waals surface area contributed by atoms with Crippen molar-refractivity contribution in [3.8, 4) is 6.07 Å². The first-order valence-corrected chi connectivity index (χ1v) is 3.60. The summed E-state index contributed by atoms with van der Waals surface area (Å²) in [6.45, 7) is 3.96. The predicted octanol–water partition coefficient (Wildman–Crippen LogP) is 0.216. The van der Waals surface area contributed by atoms with Crippen molar-refractivity contribution < 1.29 is 4.84 Å². The zero-order valence-electron chi connectivity index (χ0n) is 6.53. The molecule has 0 saturated carbocycles. The molecule has 0 aromatic heterocycles. The Morgan fingerprint density at radius 2 is 2.55 bits per heavy atom. The lowest BCUT2D eigenvalue weighted by Crippen LogP contribution is -2.51. The summed E-state index contributed by atoms with van der Waals surface area (Å²) in [6, 6.07) is 2.08. The quantitative estimate of drug-likeness (QED) is 0.331. The summed E-state index contributed by atoms with van der Waals surface area (Å²) in [5.41, 5.74) is 0. The van der Waals surface area contributed by atoms with Gasteiger partial charge < -0.3 is 4.84 Å². The average Bonchev–Trinajstić information content (AvgIpc) is 1.94. The largest absolute Gasteiger partial charge is 0.390 e. The summed E-state index contributed by atoms with van der Waals surface area (Å²) in [7, 11) is 0. The molecule has 0 N–H and O–H groups in total. The number of rotatable bonds is 3. The highest BCUT2D eigenvalue weighted by atomic mass is 16.6. The third kappa shape index (κ3) is 2.20. The molecule has 0 spiro atoms. The van der Waals surface area contributed by atoms with Crippen molar-refractivity contribution in [3.05, 3.63) is 0 Å². The molecule has 4 nitrogen and oxygen atoms in total. The van der Waals surface area contributed by atoms with Crippen molar-refractivity contribution >= 4 is 6.21 Å². The zero-order chi connectivity index (χ0) is 8.10. The molecule has 1 fully saturated rings. The summed E-state index contributed by atoms with van der Waals surface area (Å²) >= 11 is 0. The Morgan fingerprint density at radius 1 is 1.82 bits per heavy atom. The highest BCUT2D eigenvalue weighted by molar-refractivity contribution is 5.52. The molecule has 0 aliphatic carbocycles. The molecule has 11 heavy (non-hydrogen) atoms. The van der Waals surface area contributed by atoms with Gasteiger partial charge in [-0.25, -0.2) is 0 Å². The average molecular weight is 153 g/mol. The molecule has 1 heterocycles. The van der Waals surface area contributed by atoms with Crippen LogP contribution < -0.4 is 0 Å². The smallest absolute Gasteiger partial charge is 0.152 e. The van der Waals surface area contributed by atoms with Gasteiger partial charge in [-0.1, -0.05) is 5.16 Å². The van der Waals surface area contributed by atoms with E-state index in [0.29, 0.717) is 6.54 Å². The first kappa shape index (κ1) is 8.02. The standard InChI is InChI=1S/C7H11N3O/c1-2-9-11-7-5-10(6-7)4-3-8/h2,7H,4-6H2,1H3/b9-2+. The Bertz CT molecular complexity index is 179. The molecule has 1 aliphatic rings. The van der Waals surface area contributed by atoms with E-state index in [0.717, 1.165) is 13.1 Å². The van der Waals surface area contributed by atoms with Crippen LogP contribution in [0.1, 0.15) is 6.92 Å². The van der Waals surface area contributed by atoms with Gasteiger partial charge in [0.05, 0.1) is 12.6 Å². The molecule has 0 atom stereocenters. The highest BCUT2D eigenvalue weighted by Gasteiger charge is 2.27. The highest BCUT2D eigenvalue weighted by Crippen LogP contribution is 2.10. The third-order valence-corrected chi connectivity index (χ3v) is 1.53. The van der Waals surface area contributed by atoms with Gasteiger partial charge in [0, 0.05) is 19.3 Å². The van der Waals surface area contributed by atoms with Gasteiger partial charge in [-0.2, -0.15) is 5.26 Å². The molecule has 60 valence electrons. The van der Waals surface area contributed by atoms with Crippen LogP contribution >= 0.6 is 0 Å². The first-order valence-electron chi connectivity index (χ1n) is 3.60. The Kier molecular flexibility index (Phi) is 2.87. The molecule has 1 rings (SSSR count). The van der Waals surface area contributed by atoms with Crippen molar-refractivity contribution in [2.75, 3.05) is 19.6 Å². The van der Waals surface area contributed by atoms with Crippen LogP contribution in [0.25, 0.3) is 0 Å². The minimum atomic E-state index is 0.194. The van der Waals surface area contributed by atoms with Crippen LogP contribution in [0.5, 0.6) is 0 Å². The summed E-state index contributed by atoms with van der Waals surface area (Å²) in [6.07, 6.45) is 1.81. The molecule has 4 heteroatoms. The molecule has 0 amide bonds. The lowest BCUT2D eigenvalue weighted by atomic mass is 10.2. The van der Waals surface area contributed by atoms with Crippen LogP contribution in [0, 0.1) is 11.3 Å². The predicted molar refractivity (Wildman–Crippen MR) is 41.1 cm³/mol. The lowest BCUT2D eigenvalue weighted by Gasteiger charge is -2.34. The minimum absolute atomic E-state index is 0.194. The molecule has 0 bridgehead atoms. The summed E-state index contributed by atoms with van der Waals surface area (Å²) in [5.74, 6) is 0. The molecular formula is C7H11N3O. The van der Waals surface area contributed by atoms with Crippen LogP contribution in [0.15, 0.2) is 5.16 Å². The van der Waals surface area contributed by atoms with Gasteiger partial charge >= 0.3 is 0 Å². The Morgan fingerprint density at radius 3 is 3.09 bits per heavy atom. The normalized spacial score (nSPS) is 19.6. The Hall–Kier alpha value is -1.08. The Labute approximate surface area is 66.0 Å². The van der Waals surface area contributed by atoms with Gasteiger partial charge in [-0.15, -0.1) is 0 Å². The van der Waals surface area contributed by atoms with Crippen molar-refractivity contribution in [1.82, 2.24) is 4.90 Å². The maximum atomic E-state index is 8.30. The van der Waals surface area contributed by atoms with Crippen molar-refractivity contribution in [3.63, 3.8) is 0 Å². The number of likely N-dealkylation sites (tertiary alicyclic amines) is 1. The second kappa shape index (κ2) is 3.94. The topological polar surface area (TPSA) is 48.6 Å². The SMILES string of the molecule is C/C=N/OC1CN(CC#N)C1. The third-order valence-electron chi connectivity index (χ3n) is 1.53. The van der Waals surface area contributed by atoms with Gasteiger partial charge in [0.15, 0.2) is 6.10 Å². The Balaban J connectivity index is 2.05. The fourth-order valence-electron chi connectivity index (χ4n) is 0.965. The van der Waals surface area contributed by atoms with E-state index in [-0.39, 0.29) is 6.10 Å². The van der Waals surface area contributed by atoms with Crippen molar-refractivity contribution in [2.24, 2.45) is 5.16 Å². The van der Waals surface area contributed by atoms with Gasteiger partial charge in [-0.05, 0) is 6.92 Å². The fraction of sp³-hybridized carbons (Fsp3) is 0.714. The monoisotopic (exact) mass is 153 g/mol. The lowest BCUT2D eigenvalue weighted by molar-refractivity contribution is -0.0463. The van der Waals surface area contributed by atoms with Crippen molar-refractivity contribution in [2.45, 2.75) is 13.0 Å². The maximum absolute atomic E-state index is 8.30.